The normalized spacial score (nSPS) is 10.6. The zero-order chi connectivity index (χ0) is 18.8. The molecular formula is C19H18N2O5. The highest BCUT2D eigenvalue weighted by molar-refractivity contribution is 6.10. The fraction of sp³-hybridized carbons (Fsp3) is 0.158. The number of nitrogens with one attached hydrogen (secondary N) is 1. The molecule has 26 heavy (non-hydrogen) atoms. The largest absolute Gasteiger partial charge is 0.506 e. The standard InChI is InChI=1S/C19H18N2O5/c1-21(11-5-4-6-12(9-11)25-2)19(24)16-17(22)14-8-7-13(26-3)10-15(14)20-18(16)23/h4-10H,1-3H3,(H2,20,22,23). The maximum absolute atomic E-state index is 12.8. The first-order chi connectivity index (χ1) is 12.5. The van der Waals surface area contributed by atoms with Crippen LogP contribution in [0.3, 0.4) is 0 Å². The molecule has 0 saturated heterocycles. The molecule has 0 fully saturated rings. The first kappa shape index (κ1) is 17.3. The third kappa shape index (κ3) is 2.95. The predicted molar refractivity (Wildman–Crippen MR) is 98.5 cm³/mol. The summed E-state index contributed by atoms with van der Waals surface area (Å²) in [6.07, 6.45) is 0. The van der Waals surface area contributed by atoms with Crippen LogP contribution in [-0.4, -0.2) is 37.3 Å². The van der Waals surface area contributed by atoms with Gasteiger partial charge in [-0.3, -0.25) is 9.59 Å². The van der Waals surface area contributed by atoms with Gasteiger partial charge in [0.25, 0.3) is 11.5 Å². The highest BCUT2D eigenvalue weighted by Crippen LogP contribution is 2.29. The van der Waals surface area contributed by atoms with E-state index in [9.17, 15) is 14.7 Å². The van der Waals surface area contributed by atoms with Crippen molar-refractivity contribution >= 4 is 22.5 Å². The number of hydrogen-bond acceptors (Lipinski definition) is 5. The van der Waals surface area contributed by atoms with Crippen molar-refractivity contribution in [1.29, 1.82) is 0 Å². The Morgan fingerprint density at radius 1 is 1.08 bits per heavy atom. The van der Waals surface area contributed by atoms with Crippen molar-refractivity contribution < 1.29 is 19.4 Å². The molecule has 1 heterocycles. The molecule has 0 aliphatic heterocycles. The number of methoxy groups -OCH3 is 2. The van der Waals surface area contributed by atoms with Crippen molar-refractivity contribution in [2.45, 2.75) is 0 Å². The quantitative estimate of drug-likeness (QED) is 0.751. The first-order valence-electron chi connectivity index (χ1n) is 7.81. The molecule has 3 aromatic rings. The van der Waals surface area contributed by atoms with E-state index in [1.54, 1.807) is 42.5 Å². The summed E-state index contributed by atoms with van der Waals surface area (Å²) in [5, 5.41) is 10.9. The van der Waals surface area contributed by atoms with Crippen LogP contribution in [0.1, 0.15) is 10.4 Å². The number of benzene rings is 2. The second-order valence-corrected chi connectivity index (χ2v) is 5.65. The molecule has 0 radical (unpaired) electrons. The average molecular weight is 354 g/mol. The number of aromatic hydroxyl groups is 1. The third-order valence-electron chi connectivity index (χ3n) is 4.15. The lowest BCUT2D eigenvalue weighted by Gasteiger charge is -2.18. The minimum Gasteiger partial charge on any atom is -0.506 e. The molecule has 2 aromatic carbocycles. The predicted octanol–water partition coefficient (Wildman–Crippen LogP) is 2.53. The van der Waals surface area contributed by atoms with Crippen molar-refractivity contribution in [3.8, 4) is 17.2 Å². The molecule has 1 amide bonds. The summed E-state index contributed by atoms with van der Waals surface area (Å²) in [7, 11) is 4.55. The number of rotatable bonds is 4. The molecule has 0 aliphatic carbocycles. The van der Waals surface area contributed by atoms with E-state index >= 15 is 0 Å². The van der Waals surface area contributed by atoms with E-state index in [4.69, 9.17) is 9.47 Å². The number of anilines is 1. The molecule has 0 unspecified atom stereocenters. The molecule has 0 spiro atoms. The second-order valence-electron chi connectivity index (χ2n) is 5.65. The molecule has 3 rings (SSSR count). The van der Waals surface area contributed by atoms with Gasteiger partial charge in [0.2, 0.25) is 0 Å². The molecule has 0 aliphatic rings. The van der Waals surface area contributed by atoms with E-state index in [2.05, 4.69) is 4.98 Å². The second kappa shape index (κ2) is 6.79. The number of amides is 1. The SMILES string of the molecule is COc1cccc(N(C)C(=O)c2c(O)c3ccc(OC)cc3[nH]c2=O)c1. The van der Waals surface area contributed by atoms with Gasteiger partial charge in [0, 0.05) is 30.3 Å². The Hall–Kier alpha value is -3.48. The van der Waals surface area contributed by atoms with Crippen LogP contribution >= 0.6 is 0 Å². The summed E-state index contributed by atoms with van der Waals surface area (Å²) >= 11 is 0. The van der Waals surface area contributed by atoms with E-state index < -0.39 is 11.5 Å². The Morgan fingerprint density at radius 3 is 2.46 bits per heavy atom. The summed E-state index contributed by atoms with van der Waals surface area (Å²) < 4.78 is 10.3. The first-order valence-corrected chi connectivity index (χ1v) is 7.81. The van der Waals surface area contributed by atoms with Crippen molar-refractivity contribution in [3.63, 3.8) is 0 Å². The summed E-state index contributed by atoms with van der Waals surface area (Å²) in [5.74, 6) is 0.104. The van der Waals surface area contributed by atoms with Crippen molar-refractivity contribution in [3.05, 3.63) is 58.4 Å². The van der Waals surface area contributed by atoms with Gasteiger partial charge in [0.1, 0.15) is 22.8 Å². The fourth-order valence-electron chi connectivity index (χ4n) is 2.69. The van der Waals surface area contributed by atoms with Gasteiger partial charge in [0.15, 0.2) is 0 Å². The molecule has 7 heteroatoms. The zero-order valence-electron chi connectivity index (χ0n) is 14.6. The fourth-order valence-corrected chi connectivity index (χ4v) is 2.69. The minimum atomic E-state index is -0.678. The van der Waals surface area contributed by atoms with Crippen molar-refractivity contribution in [1.82, 2.24) is 4.98 Å². The van der Waals surface area contributed by atoms with Crippen molar-refractivity contribution in [2.24, 2.45) is 0 Å². The van der Waals surface area contributed by atoms with Crippen LogP contribution in [0.5, 0.6) is 17.2 Å². The summed E-state index contributed by atoms with van der Waals surface area (Å²) in [4.78, 5) is 29.2. The number of pyridine rings is 1. The van der Waals surface area contributed by atoms with Gasteiger partial charge in [-0.2, -0.15) is 0 Å². The van der Waals surface area contributed by atoms with Gasteiger partial charge in [0.05, 0.1) is 19.7 Å². The minimum absolute atomic E-state index is 0.326. The van der Waals surface area contributed by atoms with Crippen LogP contribution < -0.4 is 19.9 Å². The number of fused-ring (bicyclic) bond motifs is 1. The monoisotopic (exact) mass is 354 g/mol. The number of carbonyl (C=O) groups excluding carboxylic acids is 1. The molecule has 1 aromatic heterocycles. The zero-order valence-corrected chi connectivity index (χ0v) is 14.6. The molecule has 0 bridgehead atoms. The lowest BCUT2D eigenvalue weighted by Crippen LogP contribution is -2.31. The molecule has 0 atom stereocenters. The van der Waals surface area contributed by atoms with Crippen molar-refractivity contribution in [2.75, 3.05) is 26.2 Å². The van der Waals surface area contributed by atoms with E-state index in [1.807, 2.05) is 0 Å². The Labute approximate surface area is 149 Å². The van der Waals surface area contributed by atoms with Gasteiger partial charge >= 0.3 is 0 Å². The molecule has 134 valence electrons. The van der Waals surface area contributed by atoms with Gasteiger partial charge in [-0.1, -0.05) is 6.07 Å². The van der Waals surface area contributed by atoms with Gasteiger partial charge < -0.3 is 24.5 Å². The number of carbonyl (C=O) groups is 1. The highest BCUT2D eigenvalue weighted by atomic mass is 16.5. The van der Waals surface area contributed by atoms with Crippen LogP contribution in [0.15, 0.2) is 47.3 Å². The summed E-state index contributed by atoms with van der Waals surface area (Å²) in [5.41, 5.74) is -0.0913. The van der Waals surface area contributed by atoms with E-state index in [0.717, 1.165) is 0 Å². The number of nitrogens with zero attached hydrogens (tertiary/aromatic N) is 1. The Balaban J connectivity index is 2.09. The number of aromatic amines is 1. The number of ether oxygens (including phenoxy) is 2. The Kier molecular flexibility index (Phi) is 4.53. The molecule has 7 nitrogen and oxygen atoms in total. The lowest BCUT2D eigenvalue weighted by molar-refractivity contribution is 0.0989. The number of aromatic nitrogens is 1. The van der Waals surface area contributed by atoms with E-state index in [1.165, 1.54) is 26.2 Å². The maximum Gasteiger partial charge on any atom is 0.267 e. The van der Waals surface area contributed by atoms with Gasteiger partial charge in [-0.05, 0) is 24.3 Å². The Bertz CT molecular complexity index is 1040. The van der Waals surface area contributed by atoms with Gasteiger partial charge in [-0.25, -0.2) is 0 Å². The lowest BCUT2D eigenvalue weighted by atomic mass is 10.1. The van der Waals surface area contributed by atoms with E-state index in [-0.39, 0.29) is 11.3 Å². The Morgan fingerprint density at radius 2 is 1.77 bits per heavy atom. The topological polar surface area (TPSA) is 91.9 Å². The number of hydrogen-bond donors (Lipinski definition) is 2. The maximum atomic E-state index is 12.8. The van der Waals surface area contributed by atoms with Gasteiger partial charge in [-0.15, -0.1) is 0 Å². The van der Waals surface area contributed by atoms with Crippen LogP contribution in [0.25, 0.3) is 10.9 Å². The smallest absolute Gasteiger partial charge is 0.267 e. The van der Waals surface area contributed by atoms with Crippen LogP contribution in [-0.2, 0) is 0 Å². The third-order valence-corrected chi connectivity index (χ3v) is 4.15. The van der Waals surface area contributed by atoms with E-state index in [0.29, 0.717) is 28.1 Å². The molecule has 2 N–H and O–H groups in total. The summed E-state index contributed by atoms with van der Waals surface area (Å²) in [6, 6.07) is 11.6. The summed E-state index contributed by atoms with van der Waals surface area (Å²) in [6.45, 7) is 0. The average Bonchev–Trinajstić information content (AvgIpc) is 2.66. The number of H-pyrrole nitrogens is 1. The molecule has 0 saturated carbocycles. The van der Waals surface area contributed by atoms with Crippen LogP contribution in [0, 0.1) is 0 Å². The highest BCUT2D eigenvalue weighted by Gasteiger charge is 2.23. The van der Waals surface area contributed by atoms with Crippen LogP contribution in [0.2, 0.25) is 0 Å². The molecular weight excluding hydrogens is 336 g/mol. The van der Waals surface area contributed by atoms with Crippen LogP contribution in [0.4, 0.5) is 5.69 Å².